The molecule has 2 aromatic heterocycles. The van der Waals surface area contributed by atoms with Crippen molar-refractivity contribution in [3.8, 4) is 0 Å². The van der Waals surface area contributed by atoms with Crippen molar-refractivity contribution < 1.29 is 0 Å². The van der Waals surface area contributed by atoms with Gasteiger partial charge in [-0.2, -0.15) is 8.75 Å². The Morgan fingerprint density at radius 3 is 2.54 bits per heavy atom. The fraction of sp³-hybridized carbons (Fsp3) is 0.450. The standard InChI is InChI=1S/C20H25N5S.2ClH/c1-15-3-6-19(22-12-15)20(7-9-21-10-8-20)14-25(2)13-16-4-5-17-18(11-16)24-26-23-17;;/h3-6,11-12,21H,7-10,13-14H2,1-2H3;2*1H. The molecule has 0 radical (unpaired) electrons. The highest BCUT2D eigenvalue weighted by Gasteiger charge is 2.36. The molecule has 1 N–H and O–H groups in total. The van der Waals surface area contributed by atoms with Crippen LogP contribution in [0.2, 0.25) is 0 Å². The molecular weight excluding hydrogens is 413 g/mol. The van der Waals surface area contributed by atoms with Crippen molar-refractivity contribution in [1.82, 2.24) is 23.9 Å². The average Bonchev–Trinajstić information content (AvgIpc) is 3.10. The SMILES string of the molecule is Cc1ccc(C2(CN(C)Cc3ccc4nsnc4c3)CCNCC2)nc1.Cl.Cl. The summed E-state index contributed by atoms with van der Waals surface area (Å²) in [5.41, 5.74) is 5.85. The Kier molecular flexibility index (Phi) is 8.16. The normalized spacial score (nSPS) is 15.8. The van der Waals surface area contributed by atoms with Crippen LogP contribution in [0.4, 0.5) is 0 Å². The predicted molar refractivity (Wildman–Crippen MR) is 121 cm³/mol. The summed E-state index contributed by atoms with van der Waals surface area (Å²) < 4.78 is 8.66. The highest BCUT2D eigenvalue weighted by atomic mass is 35.5. The molecular formula is C20H27Cl2N5S. The Morgan fingerprint density at radius 1 is 1.07 bits per heavy atom. The number of hydrogen-bond acceptors (Lipinski definition) is 6. The highest BCUT2D eigenvalue weighted by Crippen LogP contribution is 2.33. The molecule has 0 atom stereocenters. The summed E-state index contributed by atoms with van der Waals surface area (Å²) in [5, 5.41) is 3.50. The molecule has 0 aliphatic carbocycles. The first kappa shape index (κ1) is 23.0. The van der Waals surface area contributed by atoms with Crippen molar-refractivity contribution in [1.29, 1.82) is 0 Å². The van der Waals surface area contributed by atoms with E-state index in [4.69, 9.17) is 4.98 Å². The lowest BCUT2D eigenvalue weighted by Crippen LogP contribution is -2.47. The van der Waals surface area contributed by atoms with Crippen LogP contribution >= 0.6 is 36.5 Å². The Morgan fingerprint density at radius 2 is 1.82 bits per heavy atom. The zero-order chi connectivity index (χ0) is 18.0. The van der Waals surface area contributed by atoms with Gasteiger partial charge in [-0.3, -0.25) is 4.98 Å². The van der Waals surface area contributed by atoms with Crippen LogP contribution in [0.15, 0.2) is 36.5 Å². The minimum Gasteiger partial charge on any atom is -0.317 e. The molecule has 1 fully saturated rings. The van der Waals surface area contributed by atoms with E-state index in [9.17, 15) is 0 Å². The quantitative estimate of drug-likeness (QED) is 0.650. The molecule has 3 heterocycles. The molecule has 4 rings (SSSR count). The number of aryl methyl sites for hydroxylation is 1. The minimum atomic E-state index is 0. The van der Waals surface area contributed by atoms with E-state index < -0.39 is 0 Å². The number of likely N-dealkylation sites (N-methyl/N-ethyl adjacent to an activating group) is 1. The van der Waals surface area contributed by atoms with Crippen LogP contribution in [0.5, 0.6) is 0 Å². The third-order valence-electron chi connectivity index (χ3n) is 5.36. The number of piperidine rings is 1. The van der Waals surface area contributed by atoms with E-state index in [1.807, 2.05) is 6.20 Å². The lowest BCUT2D eigenvalue weighted by molar-refractivity contribution is 0.192. The molecule has 0 unspecified atom stereocenters. The molecule has 5 nitrogen and oxygen atoms in total. The third-order valence-corrected chi connectivity index (χ3v) is 5.92. The van der Waals surface area contributed by atoms with E-state index in [-0.39, 0.29) is 30.2 Å². The van der Waals surface area contributed by atoms with Gasteiger partial charge in [0.1, 0.15) is 11.0 Å². The first-order chi connectivity index (χ1) is 12.6. The maximum atomic E-state index is 4.80. The zero-order valence-electron chi connectivity index (χ0n) is 16.2. The predicted octanol–water partition coefficient (Wildman–Crippen LogP) is 3.99. The number of benzene rings is 1. The van der Waals surface area contributed by atoms with E-state index in [1.54, 1.807) is 0 Å². The van der Waals surface area contributed by atoms with Crippen LogP contribution in [-0.2, 0) is 12.0 Å². The van der Waals surface area contributed by atoms with Gasteiger partial charge in [-0.25, -0.2) is 0 Å². The van der Waals surface area contributed by atoms with Crippen LogP contribution in [0.3, 0.4) is 0 Å². The van der Waals surface area contributed by atoms with Crippen molar-refractivity contribution in [2.24, 2.45) is 0 Å². The van der Waals surface area contributed by atoms with Gasteiger partial charge in [0.2, 0.25) is 0 Å². The molecule has 0 spiro atoms. The Labute approximate surface area is 183 Å². The van der Waals surface area contributed by atoms with Crippen molar-refractivity contribution in [2.75, 3.05) is 26.7 Å². The number of rotatable bonds is 5. The summed E-state index contributed by atoms with van der Waals surface area (Å²) in [6.07, 6.45) is 4.26. The smallest absolute Gasteiger partial charge is 0.105 e. The number of fused-ring (bicyclic) bond motifs is 1. The number of aromatic nitrogens is 3. The van der Waals surface area contributed by atoms with Gasteiger partial charge in [-0.05, 0) is 69.2 Å². The van der Waals surface area contributed by atoms with E-state index in [0.717, 1.165) is 50.1 Å². The summed E-state index contributed by atoms with van der Waals surface area (Å²) in [6.45, 7) is 6.13. The maximum absolute atomic E-state index is 4.80. The van der Waals surface area contributed by atoms with E-state index in [2.05, 4.69) is 63.3 Å². The second-order valence-electron chi connectivity index (χ2n) is 7.51. The molecule has 1 saturated heterocycles. The number of nitrogens with zero attached hydrogens (tertiary/aromatic N) is 4. The summed E-state index contributed by atoms with van der Waals surface area (Å²) >= 11 is 1.28. The van der Waals surface area contributed by atoms with Crippen molar-refractivity contribution in [3.05, 3.63) is 53.3 Å². The van der Waals surface area contributed by atoms with Crippen LogP contribution in [0, 0.1) is 6.92 Å². The molecule has 0 amide bonds. The lowest BCUT2D eigenvalue weighted by atomic mass is 9.75. The van der Waals surface area contributed by atoms with Gasteiger partial charge in [0.25, 0.3) is 0 Å². The third kappa shape index (κ3) is 4.99. The Hall–Kier alpha value is -1.31. The van der Waals surface area contributed by atoms with Gasteiger partial charge in [0, 0.05) is 30.4 Å². The Bertz CT molecular complexity index is 878. The molecule has 1 aliphatic heterocycles. The second kappa shape index (κ2) is 9.94. The zero-order valence-corrected chi connectivity index (χ0v) is 18.7. The number of nitrogens with one attached hydrogen (secondary N) is 1. The van der Waals surface area contributed by atoms with Gasteiger partial charge in [0.15, 0.2) is 0 Å². The van der Waals surface area contributed by atoms with Crippen LogP contribution in [0.1, 0.15) is 29.7 Å². The average molecular weight is 440 g/mol. The Balaban J connectivity index is 0.00000140. The summed E-state index contributed by atoms with van der Waals surface area (Å²) in [4.78, 5) is 7.22. The molecule has 28 heavy (non-hydrogen) atoms. The number of halogens is 2. The fourth-order valence-corrected chi connectivity index (χ4v) is 4.51. The van der Waals surface area contributed by atoms with Gasteiger partial charge < -0.3 is 10.2 Å². The first-order valence-corrected chi connectivity index (χ1v) is 9.91. The van der Waals surface area contributed by atoms with E-state index >= 15 is 0 Å². The maximum Gasteiger partial charge on any atom is 0.105 e. The van der Waals surface area contributed by atoms with E-state index in [0.29, 0.717) is 0 Å². The minimum absolute atomic E-state index is 0. The lowest BCUT2D eigenvalue weighted by Gasteiger charge is -2.40. The van der Waals surface area contributed by atoms with Crippen molar-refractivity contribution >= 4 is 47.6 Å². The fourth-order valence-electron chi connectivity index (χ4n) is 3.99. The second-order valence-corrected chi connectivity index (χ2v) is 8.04. The van der Waals surface area contributed by atoms with Gasteiger partial charge >= 0.3 is 0 Å². The topological polar surface area (TPSA) is 53.9 Å². The highest BCUT2D eigenvalue weighted by molar-refractivity contribution is 7.00. The van der Waals surface area contributed by atoms with Gasteiger partial charge in [-0.15, -0.1) is 24.8 Å². The molecule has 3 aromatic rings. The molecule has 1 aliphatic rings. The molecule has 8 heteroatoms. The van der Waals surface area contributed by atoms with E-state index in [1.165, 1.54) is 28.5 Å². The monoisotopic (exact) mass is 439 g/mol. The van der Waals surface area contributed by atoms with Crippen molar-refractivity contribution in [3.63, 3.8) is 0 Å². The van der Waals surface area contributed by atoms with Crippen LogP contribution in [-0.4, -0.2) is 45.3 Å². The first-order valence-electron chi connectivity index (χ1n) is 9.18. The molecule has 0 bridgehead atoms. The van der Waals surface area contributed by atoms with Gasteiger partial charge in [-0.1, -0.05) is 12.1 Å². The largest absolute Gasteiger partial charge is 0.317 e. The van der Waals surface area contributed by atoms with Crippen LogP contribution < -0.4 is 5.32 Å². The van der Waals surface area contributed by atoms with Crippen LogP contribution in [0.25, 0.3) is 11.0 Å². The van der Waals surface area contributed by atoms with Crippen molar-refractivity contribution in [2.45, 2.75) is 31.7 Å². The number of hydrogen-bond donors (Lipinski definition) is 1. The number of pyridine rings is 1. The molecule has 1 aromatic carbocycles. The summed E-state index contributed by atoms with van der Waals surface area (Å²) in [5.74, 6) is 0. The molecule has 152 valence electrons. The molecule has 0 saturated carbocycles. The summed E-state index contributed by atoms with van der Waals surface area (Å²) in [7, 11) is 2.21. The summed E-state index contributed by atoms with van der Waals surface area (Å²) in [6, 6.07) is 10.8. The van der Waals surface area contributed by atoms with Gasteiger partial charge in [0.05, 0.1) is 11.7 Å².